The Morgan fingerprint density at radius 3 is 3.00 bits per heavy atom. The predicted molar refractivity (Wildman–Crippen MR) is 69.3 cm³/mol. The minimum absolute atomic E-state index is 0.0914. The van der Waals surface area contributed by atoms with Crippen molar-refractivity contribution in [1.82, 2.24) is 10.6 Å². The Labute approximate surface area is 107 Å². The maximum absolute atomic E-state index is 11.9. The Morgan fingerprint density at radius 2 is 2.22 bits per heavy atom. The number of amides is 2. The average Bonchev–Trinajstić information content (AvgIpc) is 2.39. The molecule has 1 aromatic carbocycles. The van der Waals surface area contributed by atoms with Crippen LogP contribution in [0.15, 0.2) is 24.3 Å². The van der Waals surface area contributed by atoms with E-state index in [9.17, 15) is 9.59 Å². The van der Waals surface area contributed by atoms with Gasteiger partial charge >= 0.3 is 0 Å². The van der Waals surface area contributed by atoms with E-state index >= 15 is 0 Å². The lowest BCUT2D eigenvalue weighted by molar-refractivity contribution is -0.123. The molecule has 0 saturated heterocycles. The van der Waals surface area contributed by atoms with Gasteiger partial charge in [0.2, 0.25) is 5.91 Å². The van der Waals surface area contributed by atoms with Crippen molar-refractivity contribution in [2.45, 2.75) is 32.2 Å². The van der Waals surface area contributed by atoms with Crippen LogP contribution in [-0.2, 0) is 11.2 Å². The topological polar surface area (TPSA) is 58.2 Å². The Bertz CT molecular complexity index is 457. The van der Waals surface area contributed by atoms with E-state index in [1.807, 2.05) is 18.2 Å². The summed E-state index contributed by atoms with van der Waals surface area (Å²) in [6.45, 7) is 2.74. The zero-order valence-corrected chi connectivity index (χ0v) is 10.5. The summed E-state index contributed by atoms with van der Waals surface area (Å²) in [5, 5.41) is 5.60. The highest BCUT2D eigenvalue weighted by Gasteiger charge is 2.28. The zero-order chi connectivity index (χ0) is 13.0. The number of rotatable bonds is 4. The third kappa shape index (κ3) is 2.70. The first kappa shape index (κ1) is 12.6. The van der Waals surface area contributed by atoms with Crippen LogP contribution in [0.25, 0.3) is 0 Å². The highest BCUT2D eigenvalue weighted by atomic mass is 16.2. The molecule has 4 heteroatoms. The standard InChI is InChI=1S/C14H18N2O2/c1-2-3-8-15-14(18)12-9-10-6-4-5-7-11(10)13(17)16-12/h4-7,12H,2-3,8-9H2,1H3,(H,15,18)(H,16,17)/t12-/m0/s1. The van der Waals surface area contributed by atoms with Gasteiger partial charge in [0.1, 0.15) is 6.04 Å². The molecule has 1 aliphatic heterocycles. The maximum atomic E-state index is 11.9. The highest BCUT2D eigenvalue weighted by molar-refractivity contribution is 6.00. The molecule has 0 saturated carbocycles. The van der Waals surface area contributed by atoms with Gasteiger partial charge in [0.15, 0.2) is 0 Å². The molecule has 0 bridgehead atoms. The summed E-state index contributed by atoms with van der Waals surface area (Å²) in [4.78, 5) is 23.7. The summed E-state index contributed by atoms with van der Waals surface area (Å²) in [7, 11) is 0. The molecule has 0 aliphatic carbocycles. The fourth-order valence-electron chi connectivity index (χ4n) is 2.10. The highest BCUT2D eigenvalue weighted by Crippen LogP contribution is 2.16. The molecule has 4 nitrogen and oxygen atoms in total. The van der Waals surface area contributed by atoms with Crippen molar-refractivity contribution in [2.75, 3.05) is 6.54 Å². The van der Waals surface area contributed by atoms with E-state index in [4.69, 9.17) is 0 Å². The second-order valence-corrected chi connectivity index (χ2v) is 4.53. The lowest BCUT2D eigenvalue weighted by Gasteiger charge is -2.24. The molecule has 1 atom stereocenters. The Kier molecular flexibility index (Phi) is 3.97. The van der Waals surface area contributed by atoms with Gasteiger partial charge in [-0.25, -0.2) is 0 Å². The first-order valence-corrected chi connectivity index (χ1v) is 6.39. The van der Waals surface area contributed by atoms with Gasteiger partial charge in [-0.3, -0.25) is 9.59 Å². The lowest BCUT2D eigenvalue weighted by atomic mass is 9.95. The number of hydrogen-bond donors (Lipinski definition) is 2. The molecule has 0 fully saturated rings. The first-order chi connectivity index (χ1) is 8.72. The molecule has 2 N–H and O–H groups in total. The monoisotopic (exact) mass is 246 g/mol. The van der Waals surface area contributed by atoms with Crippen LogP contribution in [0, 0.1) is 0 Å². The van der Waals surface area contributed by atoms with Crippen LogP contribution >= 0.6 is 0 Å². The molecule has 0 aromatic heterocycles. The molecular formula is C14H18N2O2. The van der Waals surface area contributed by atoms with Gasteiger partial charge in [-0.15, -0.1) is 0 Å². The quantitative estimate of drug-likeness (QED) is 0.786. The van der Waals surface area contributed by atoms with Crippen molar-refractivity contribution in [3.63, 3.8) is 0 Å². The summed E-state index contributed by atoms with van der Waals surface area (Å²) in [6, 6.07) is 6.98. The maximum Gasteiger partial charge on any atom is 0.252 e. The van der Waals surface area contributed by atoms with Gasteiger partial charge in [-0.2, -0.15) is 0 Å². The van der Waals surface area contributed by atoms with Crippen molar-refractivity contribution in [3.8, 4) is 0 Å². The number of carbonyl (C=O) groups is 2. The zero-order valence-electron chi connectivity index (χ0n) is 10.5. The van der Waals surface area contributed by atoms with Gasteiger partial charge in [0, 0.05) is 18.5 Å². The van der Waals surface area contributed by atoms with E-state index in [0.717, 1.165) is 18.4 Å². The van der Waals surface area contributed by atoms with Gasteiger partial charge in [0.05, 0.1) is 0 Å². The molecular weight excluding hydrogens is 228 g/mol. The summed E-state index contributed by atoms with van der Waals surface area (Å²) in [5.41, 5.74) is 1.62. The number of unbranched alkanes of at least 4 members (excludes halogenated alkanes) is 1. The molecule has 0 unspecified atom stereocenters. The van der Waals surface area contributed by atoms with E-state index in [-0.39, 0.29) is 11.8 Å². The fraction of sp³-hybridized carbons (Fsp3) is 0.429. The van der Waals surface area contributed by atoms with Gasteiger partial charge in [-0.1, -0.05) is 31.5 Å². The van der Waals surface area contributed by atoms with Crippen LogP contribution in [-0.4, -0.2) is 24.4 Å². The Hall–Kier alpha value is -1.84. The fourth-order valence-corrected chi connectivity index (χ4v) is 2.10. The van der Waals surface area contributed by atoms with E-state index in [0.29, 0.717) is 18.5 Å². The molecule has 0 radical (unpaired) electrons. The SMILES string of the molecule is CCCCNC(=O)[C@@H]1Cc2ccccc2C(=O)N1. The van der Waals surface area contributed by atoms with Crippen molar-refractivity contribution >= 4 is 11.8 Å². The molecule has 1 heterocycles. The summed E-state index contributed by atoms with van der Waals surface area (Å²) < 4.78 is 0. The molecule has 1 aliphatic rings. The normalized spacial score (nSPS) is 17.8. The van der Waals surface area contributed by atoms with E-state index < -0.39 is 6.04 Å². The number of nitrogens with one attached hydrogen (secondary N) is 2. The van der Waals surface area contributed by atoms with Crippen LogP contribution < -0.4 is 10.6 Å². The van der Waals surface area contributed by atoms with Crippen molar-refractivity contribution in [3.05, 3.63) is 35.4 Å². The number of fused-ring (bicyclic) bond motifs is 1. The van der Waals surface area contributed by atoms with Gasteiger partial charge in [0.25, 0.3) is 5.91 Å². The number of carbonyl (C=O) groups excluding carboxylic acids is 2. The van der Waals surface area contributed by atoms with Crippen molar-refractivity contribution < 1.29 is 9.59 Å². The van der Waals surface area contributed by atoms with Crippen LogP contribution in [0.1, 0.15) is 35.7 Å². The third-order valence-corrected chi connectivity index (χ3v) is 3.14. The van der Waals surface area contributed by atoms with E-state index in [2.05, 4.69) is 17.6 Å². The first-order valence-electron chi connectivity index (χ1n) is 6.39. The minimum Gasteiger partial charge on any atom is -0.354 e. The van der Waals surface area contributed by atoms with Crippen LogP contribution in [0.2, 0.25) is 0 Å². The Morgan fingerprint density at radius 1 is 1.44 bits per heavy atom. The smallest absolute Gasteiger partial charge is 0.252 e. The lowest BCUT2D eigenvalue weighted by Crippen LogP contribution is -2.51. The molecule has 18 heavy (non-hydrogen) atoms. The molecule has 1 aromatic rings. The largest absolute Gasteiger partial charge is 0.354 e. The van der Waals surface area contributed by atoms with Gasteiger partial charge < -0.3 is 10.6 Å². The van der Waals surface area contributed by atoms with E-state index in [1.165, 1.54) is 0 Å². The second kappa shape index (κ2) is 5.67. The molecule has 2 amide bonds. The minimum atomic E-state index is -0.441. The van der Waals surface area contributed by atoms with Crippen LogP contribution in [0.3, 0.4) is 0 Å². The van der Waals surface area contributed by atoms with Crippen molar-refractivity contribution in [1.29, 1.82) is 0 Å². The van der Waals surface area contributed by atoms with E-state index in [1.54, 1.807) is 6.07 Å². The summed E-state index contributed by atoms with van der Waals surface area (Å²) >= 11 is 0. The number of hydrogen-bond acceptors (Lipinski definition) is 2. The van der Waals surface area contributed by atoms with Crippen LogP contribution in [0.5, 0.6) is 0 Å². The molecule has 0 spiro atoms. The third-order valence-electron chi connectivity index (χ3n) is 3.14. The second-order valence-electron chi connectivity index (χ2n) is 4.53. The molecule has 96 valence electrons. The Balaban J connectivity index is 2.02. The predicted octanol–water partition coefficient (Wildman–Crippen LogP) is 1.26. The van der Waals surface area contributed by atoms with Gasteiger partial charge in [-0.05, 0) is 18.1 Å². The van der Waals surface area contributed by atoms with Crippen LogP contribution in [0.4, 0.5) is 0 Å². The average molecular weight is 246 g/mol. The molecule has 2 rings (SSSR count). The summed E-state index contributed by atoms with van der Waals surface area (Å²) in [6.07, 6.45) is 2.57. The van der Waals surface area contributed by atoms with Crippen molar-refractivity contribution in [2.24, 2.45) is 0 Å². The summed E-state index contributed by atoms with van der Waals surface area (Å²) in [5.74, 6) is -0.251. The number of benzene rings is 1.